The summed E-state index contributed by atoms with van der Waals surface area (Å²) in [6.45, 7) is 4.48. The van der Waals surface area contributed by atoms with E-state index in [1.807, 2.05) is 24.3 Å². The third kappa shape index (κ3) is 5.14. The molecule has 0 radical (unpaired) electrons. The highest BCUT2D eigenvalue weighted by Gasteiger charge is 2.22. The Kier molecular flexibility index (Phi) is 7.50. The maximum atomic E-state index is 13.4. The lowest BCUT2D eigenvalue weighted by molar-refractivity contribution is 0.0161. The molecule has 1 N–H and O–H groups in total. The van der Waals surface area contributed by atoms with Crippen LogP contribution >= 0.6 is 11.6 Å². The first-order valence-electron chi connectivity index (χ1n) is 9.30. The van der Waals surface area contributed by atoms with E-state index in [4.69, 9.17) is 25.8 Å². The zero-order chi connectivity index (χ0) is 19.9. The quantitative estimate of drug-likeness (QED) is 0.722. The molecule has 1 fully saturated rings. The molecule has 1 unspecified atom stereocenters. The van der Waals surface area contributed by atoms with Crippen molar-refractivity contribution in [3.63, 3.8) is 0 Å². The second kappa shape index (κ2) is 10.1. The first-order chi connectivity index (χ1) is 13.6. The zero-order valence-corrected chi connectivity index (χ0v) is 17.0. The van der Waals surface area contributed by atoms with Gasteiger partial charge in [0.15, 0.2) is 11.5 Å². The molecular formula is C21H26ClFN2O3. The van der Waals surface area contributed by atoms with E-state index in [0.29, 0.717) is 36.3 Å². The lowest BCUT2D eigenvalue weighted by Gasteiger charge is -2.35. The Morgan fingerprint density at radius 1 is 1.14 bits per heavy atom. The molecule has 1 atom stereocenters. The number of benzene rings is 2. The van der Waals surface area contributed by atoms with Crippen LogP contribution in [-0.2, 0) is 11.3 Å². The average molecular weight is 409 g/mol. The Labute approximate surface area is 170 Å². The second-order valence-corrected chi connectivity index (χ2v) is 7.07. The van der Waals surface area contributed by atoms with Crippen LogP contribution in [-0.4, -0.2) is 52.0 Å². The van der Waals surface area contributed by atoms with Crippen molar-refractivity contribution in [3.8, 4) is 11.5 Å². The van der Waals surface area contributed by atoms with Crippen molar-refractivity contribution in [2.24, 2.45) is 0 Å². The van der Waals surface area contributed by atoms with Crippen LogP contribution in [0.2, 0.25) is 5.02 Å². The molecule has 1 heterocycles. The van der Waals surface area contributed by atoms with Crippen LogP contribution in [0, 0.1) is 5.82 Å². The van der Waals surface area contributed by atoms with Gasteiger partial charge >= 0.3 is 0 Å². The molecule has 0 aromatic heterocycles. The van der Waals surface area contributed by atoms with Crippen LogP contribution in [0.3, 0.4) is 0 Å². The van der Waals surface area contributed by atoms with E-state index in [9.17, 15) is 4.39 Å². The highest BCUT2D eigenvalue weighted by atomic mass is 35.5. The molecule has 0 bridgehead atoms. The van der Waals surface area contributed by atoms with Crippen molar-refractivity contribution < 1.29 is 18.6 Å². The van der Waals surface area contributed by atoms with Crippen molar-refractivity contribution in [2.45, 2.75) is 12.6 Å². The fourth-order valence-corrected chi connectivity index (χ4v) is 3.77. The maximum absolute atomic E-state index is 13.4. The van der Waals surface area contributed by atoms with E-state index in [-0.39, 0.29) is 11.9 Å². The number of hydrogen-bond acceptors (Lipinski definition) is 5. The molecule has 1 aliphatic rings. The largest absolute Gasteiger partial charge is 0.493 e. The van der Waals surface area contributed by atoms with Crippen LogP contribution in [0.1, 0.15) is 17.2 Å². The highest BCUT2D eigenvalue weighted by Crippen LogP contribution is 2.36. The molecule has 0 saturated carbocycles. The van der Waals surface area contributed by atoms with Gasteiger partial charge in [-0.3, -0.25) is 4.90 Å². The van der Waals surface area contributed by atoms with Crippen LogP contribution in [0.15, 0.2) is 36.4 Å². The minimum atomic E-state index is -0.225. The Balaban J connectivity index is 1.70. The molecule has 1 aliphatic heterocycles. The molecule has 2 aromatic rings. The lowest BCUT2D eigenvalue weighted by atomic mass is 10.0. The normalized spacial score (nSPS) is 16.0. The first-order valence-corrected chi connectivity index (χ1v) is 9.68. The van der Waals surface area contributed by atoms with E-state index in [2.05, 4.69) is 10.2 Å². The summed E-state index contributed by atoms with van der Waals surface area (Å²) in [5.74, 6) is 0.915. The summed E-state index contributed by atoms with van der Waals surface area (Å²) in [7, 11) is 3.16. The molecule has 0 aliphatic carbocycles. The summed E-state index contributed by atoms with van der Waals surface area (Å²) in [5, 5.41) is 4.01. The minimum absolute atomic E-state index is 0.139. The molecule has 7 heteroatoms. The number of hydrogen-bond donors (Lipinski definition) is 1. The number of ether oxygens (including phenoxy) is 3. The van der Waals surface area contributed by atoms with Gasteiger partial charge in [-0.2, -0.15) is 0 Å². The molecule has 3 rings (SSSR count). The summed E-state index contributed by atoms with van der Waals surface area (Å²) in [4.78, 5) is 2.37. The van der Waals surface area contributed by atoms with Crippen molar-refractivity contribution in [3.05, 3.63) is 58.4 Å². The van der Waals surface area contributed by atoms with Gasteiger partial charge in [0.25, 0.3) is 0 Å². The van der Waals surface area contributed by atoms with Crippen LogP contribution in [0.5, 0.6) is 11.5 Å². The van der Waals surface area contributed by atoms with Gasteiger partial charge in [0.1, 0.15) is 5.82 Å². The Bertz CT molecular complexity index is 767. The van der Waals surface area contributed by atoms with Crippen molar-refractivity contribution in [1.29, 1.82) is 0 Å². The van der Waals surface area contributed by atoms with Crippen molar-refractivity contribution in [2.75, 3.05) is 47.1 Å². The van der Waals surface area contributed by atoms with Crippen LogP contribution in [0.4, 0.5) is 4.39 Å². The van der Waals surface area contributed by atoms with E-state index in [1.54, 1.807) is 14.2 Å². The number of nitrogens with one attached hydrogen (secondary N) is 1. The number of nitrogens with zero attached hydrogens (tertiary/aromatic N) is 1. The molecule has 1 saturated heterocycles. The summed E-state index contributed by atoms with van der Waals surface area (Å²) in [5.41, 5.74) is 2.09. The zero-order valence-electron chi connectivity index (χ0n) is 16.2. The van der Waals surface area contributed by atoms with Gasteiger partial charge in [-0.05, 0) is 35.4 Å². The molecule has 28 heavy (non-hydrogen) atoms. The van der Waals surface area contributed by atoms with Gasteiger partial charge in [0.2, 0.25) is 0 Å². The summed E-state index contributed by atoms with van der Waals surface area (Å²) < 4.78 is 29.5. The van der Waals surface area contributed by atoms with Gasteiger partial charge < -0.3 is 19.5 Å². The second-order valence-electron chi connectivity index (χ2n) is 6.66. The fourth-order valence-electron chi connectivity index (χ4n) is 3.46. The SMILES string of the molecule is COc1cc(CNCC(c2ccc(F)cc2)N2CCOCC2)cc(Cl)c1OC. The third-order valence-electron chi connectivity index (χ3n) is 4.90. The van der Waals surface area contributed by atoms with Gasteiger partial charge in [-0.15, -0.1) is 0 Å². The number of morpholine rings is 1. The smallest absolute Gasteiger partial charge is 0.179 e. The predicted molar refractivity (Wildman–Crippen MR) is 108 cm³/mol. The predicted octanol–water partition coefficient (Wildman–Crippen LogP) is 3.66. The van der Waals surface area contributed by atoms with Gasteiger partial charge in [0, 0.05) is 32.2 Å². The van der Waals surface area contributed by atoms with E-state index >= 15 is 0 Å². The highest BCUT2D eigenvalue weighted by molar-refractivity contribution is 6.32. The monoisotopic (exact) mass is 408 g/mol. The minimum Gasteiger partial charge on any atom is -0.493 e. The summed E-state index contributed by atoms with van der Waals surface area (Å²) in [6, 6.07) is 10.7. The standard InChI is InChI=1S/C21H26ClFN2O3/c1-26-20-12-15(11-18(22)21(20)27-2)13-24-14-19(25-7-9-28-10-8-25)16-3-5-17(23)6-4-16/h3-6,11-12,19,24H,7-10,13-14H2,1-2H3. The molecule has 152 valence electrons. The van der Waals surface area contributed by atoms with E-state index < -0.39 is 0 Å². The first kappa shape index (κ1) is 20.9. The van der Waals surface area contributed by atoms with Gasteiger partial charge in [-0.25, -0.2) is 4.39 Å². The van der Waals surface area contributed by atoms with Gasteiger partial charge in [-0.1, -0.05) is 23.7 Å². The number of rotatable bonds is 8. The number of methoxy groups -OCH3 is 2. The Morgan fingerprint density at radius 2 is 1.86 bits per heavy atom. The molecule has 5 nitrogen and oxygen atoms in total. The van der Waals surface area contributed by atoms with Crippen molar-refractivity contribution in [1.82, 2.24) is 10.2 Å². The van der Waals surface area contributed by atoms with Gasteiger partial charge in [0.05, 0.1) is 32.5 Å². The Hall–Kier alpha value is -1.86. The van der Waals surface area contributed by atoms with Crippen LogP contribution in [0.25, 0.3) is 0 Å². The summed E-state index contributed by atoms with van der Waals surface area (Å²) >= 11 is 6.30. The average Bonchev–Trinajstić information content (AvgIpc) is 2.72. The molecule has 2 aromatic carbocycles. The number of halogens is 2. The molecular weight excluding hydrogens is 383 g/mol. The topological polar surface area (TPSA) is 43.0 Å². The van der Waals surface area contributed by atoms with E-state index in [1.165, 1.54) is 12.1 Å². The maximum Gasteiger partial charge on any atom is 0.179 e. The van der Waals surface area contributed by atoms with Crippen LogP contribution < -0.4 is 14.8 Å². The van der Waals surface area contributed by atoms with Crippen molar-refractivity contribution >= 4 is 11.6 Å². The molecule has 0 spiro atoms. The Morgan fingerprint density at radius 3 is 2.50 bits per heavy atom. The lowest BCUT2D eigenvalue weighted by Crippen LogP contribution is -2.42. The van der Waals surface area contributed by atoms with E-state index in [0.717, 1.165) is 30.8 Å². The summed E-state index contributed by atoms with van der Waals surface area (Å²) in [6.07, 6.45) is 0. The fraction of sp³-hybridized carbons (Fsp3) is 0.429. The molecule has 0 amide bonds. The third-order valence-corrected chi connectivity index (χ3v) is 5.18.